The molecule has 2 fully saturated rings. The minimum absolute atomic E-state index is 0.0655. The molecular formula is C18H23N3O3. The number of rotatable bonds is 4. The van der Waals surface area contributed by atoms with E-state index in [1.165, 1.54) is 16.0 Å². The molecule has 0 bridgehead atoms. The standard InChI is InChI=1S/C18H23N3O3/c1-12-3-4-14(9-13(12)2)5-6-16(22)20-8-7-15(11-20)21-17(23)10-19-18(21)24/h3-4,9,15H,5-8,10-11H2,1-2H3,(H,19,24). The van der Waals surface area contributed by atoms with Crippen molar-refractivity contribution in [2.45, 2.75) is 39.2 Å². The topological polar surface area (TPSA) is 69.7 Å². The van der Waals surface area contributed by atoms with Crippen LogP contribution in [0, 0.1) is 13.8 Å². The van der Waals surface area contributed by atoms with Crippen molar-refractivity contribution in [2.75, 3.05) is 19.6 Å². The molecule has 0 radical (unpaired) electrons. The minimum atomic E-state index is -0.338. The predicted octanol–water partition coefficient (Wildman–Crippen LogP) is 1.39. The van der Waals surface area contributed by atoms with Crippen molar-refractivity contribution in [1.82, 2.24) is 15.1 Å². The molecular weight excluding hydrogens is 306 g/mol. The number of carbonyl (C=O) groups excluding carboxylic acids is 3. The summed E-state index contributed by atoms with van der Waals surface area (Å²) < 4.78 is 0. The van der Waals surface area contributed by atoms with Gasteiger partial charge in [0, 0.05) is 19.5 Å². The average molecular weight is 329 g/mol. The van der Waals surface area contributed by atoms with Crippen molar-refractivity contribution >= 4 is 17.8 Å². The maximum atomic E-state index is 12.4. The van der Waals surface area contributed by atoms with E-state index in [1.807, 2.05) is 0 Å². The van der Waals surface area contributed by atoms with Crippen LogP contribution in [-0.2, 0) is 16.0 Å². The monoisotopic (exact) mass is 329 g/mol. The van der Waals surface area contributed by atoms with Crippen molar-refractivity contribution in [1.29, 1.82) is 0 Å². The Labute approximate surface area is 141 Å². The number of aryl methyl sites for hydroxylation is 3. The van der Waals surface area contributed by atoms with Crippen LogP contribution in [0.15, 0.2) is 18.2 Å². The fourth-order valence-electron chi connectivity index (χ4n) is 3.35. The van der Waals surface area contributed by atoms with E-state index in [1.54, 1.807) is 4.90 Å². The molecule has 128 valence electrons. The lowest BCUT2D eigenvalue weighted by Crippen LogP contribution is -2.42. The number of carbonyl (C=O) groups is 3. The second-order valence-corrected chi connectivity index (χ2v) is 6.62. The second-order valence-electron chi connectivity index (χ2n) is 6.62. The highest BCUT2D eigenvalue weighted by atomic mass is 16.2. The van der Waals surface area contributed by atoms with Gasteiger partial charge in [-0.05, 0) is 43.4 Å². The zero-order valence-corrected chi connectivity index (χ0v) is 14.2. The number of hydrogen-bond acceptors (Lipinski definition) is 3. The summed E-state index contributed by atoms with van der Waals surface area (Å²) >= 11 is 0. The van der Waals surface area contributed by atoms with E-state index >= 15 is 0 Å². The lowest BCUT2D eigenvalue weighted by Gasteiger charge is -2.21. The maximum absolute atomic E-state index is 12.4. The number of amides is 4. The van der Waals surface area contributed by atoms with Crippen LogP contribution in [0.1, 0.15) is 29.5 Å². The maximum Gasteiger partial charge on any atom is 0.324 e. The van der Waals surface area contributed by atoms with E-state index in [0.717, 1.165) is 5.56 Å². The first-order valence-corrected chi connectivity index (χ1v) is 8.39. The fourth-order valence-corrected chi connectivity index (χ4v) is 3.35. The number of nitrogens with zero attached hydrogens (tertiary/aromatic N) is 2. The van der Waals surface area contributed by atoms with Crippen LogP contribution in [0.2, 0.25) is 0 Å². The Morgan fingerprint density at radius 1 is 1.25 bits per heavy atom. The molecule has 2 heterocycles. The highest BCUT2D eigenvalue weighted by molar-refractivity contribution is 6.02. The van der Waals surface area contributed by atoms with Gasteiger partial charge in [0.25, 0.3) is 0 Å². The molecule has 0 saturated carbocycles. The summed E-state index contributed by atoms with van der Waals surface area (Å²) in [5.74, 6) is -0.114. The van der Waals surface area contributed by atoms with Gasteiger partial charge in [0.1, 0.15) is 0 Å². The lowest BCUT2D eigenvalue weighted by molar-refractivity contribution is -0.131. The van der Waals surface area contributed by atoms with Crippen molar-refractivity contribution in [2.24, 2.45) is 0 Å². The number of urea groups is 1. The quantitative estimate of drug-likeness (QED) is 0.849. The molecule has 1 atom stereocenters. The molecule has 0 aliphatic carbocycles. The molecule has 3 rings (SSSR count). The summed E-state index contributed by atoms with van der Waals surface area (Å²) in [6.45, 7) is 5.27. The fraction of sp³-hybridized carbons (Fsp3) is 0.500. The molecule has 6 heteroatoms. The van der Waals surface area contributed by atoms with Crippen molar-refractivity contribution in [3.63, 3.8) is 0 Å². The Morgan fingerprint density at radius 2 is 2.04 bits per heavy atom. The van der Waals surface area contributed by atoms with Gasteiger partial charge in [-0.15, -0.1) is 0 Å². The molecule has 1 aromatic carbocycles. The smallest absolute Gasteiger partial charge is 0.324 e. The van der Waals surface area contributed by atoms with E-state index in [0.29, 0.717) is 32.4 Å². The van der Waals surface area contributed by atoms with Gasteiger partial charge in [-0.1, -0.05) is 18.2 Å². The van der Waals surface area contributed by atoms with Crippen molar-refractivity contribution < 1.29 is 14.4 Å². The Kier molecular flexibility index (Phi) is 4.55. The Balaban J connectivity index is 1.54. The Bertz CT molecular complexity index is 670. The average Bonchev–Trinajstić information content (AvgIpc) is 3.15. The zero-order chi connectivity index (χ0) is 17.3. The van der Waals surface area contributed by atoms with Gasteiger partial charge in [0.2, 0.25) is 11.8 Å². The van der Waals surface area contributed by atoms with Crippen LogP contribution in [-0.4, -0.2) is 53.3 Å². The van der Waals surface area contributed by atoms with Gasteiger partial charge in [-0.3, -0.25) is 14.5 Å². The van der Waals surface area contributed by atoms with E-state index < -0.39 is 0 Å². The number of nitrogens with one attached hydrogen (secondary N) is 1. The molecule has 2 aliphatic heterocycles. The largest absolute Gasteiger partial charge is 0.341 e. The highest BCUT2D eigenvalue weighted by Gasteiger charge is 2.39. The van der Waals surface area contributed by atoms with Crippen LogP contribution in [0.25, 0.3) is 0 Å². The summed E-state index contributed by atoms with van der Waals surface area (Å²) in [5.41, 5.74) is 3.65. The molecule has 2 aliphatic rings. The number of imide groups is 1. The van der Waals surface area contributed by atoms with Crippen molar-refractivity contribution in [3.05, 3.63) is 34.9 Å². The minimum Gasteiger partial charge on any atom is -0.341 e. The number of benzene rings is 1. The van der Waals surface area contributed by atoms with Gasteiger partial charge in [0.05, 0.1) is 12.6 Å². The van der Waals surface area contributed by atoms with Crippen LogP contribution in [0.3, 0.4) is 0 Å². The lowest BCUT2D eigenvalue weighted by atomic mass is 10.0. The molecule has 1 N–H and O–H groups in total. The normalized spacial score (nSPS) is 20.7. The van der Waals surface area contributed by atoms with Crippen molar-refractivity contribution in [3.8, 4) is 0 Å². The molecule has 2 saturated heterocycles. The summed E-state index contributed by atoms with van der Waals surface area (Å²) in [7, 11) is 0. The first kappa shape index (κ1) is 16.5. The molecule has 1 aromatic rings. The molecule has 0 aromatic heterocycles. The first-order chi connectivity index (χ1) is 11.5. The van der Waals surface area contributed by atoms with Crippen LogP contribution >= 0.6 is 0 Å². The third kappa shape index (κ3) is 3.27. The van der Waals surface area contributed by atoms with Crippen LogP contribution in [0.4, 0.5) is 4.79 Å². The van der Waals surface area contributed by atoms with Gasteiger partial charge in [0.15, 0.2) is 0 Å². The summed E-state index contributed by atoms with van der Waals surface area (Å²) in [4.78, 5) is 38.9. The Hall–Kier alpha value is -2.37. The van der Waals surface area contributed by atoms with E-state index in [9.17, 15) is 14.4 Å². The van der Waals surface area contributed by atoms with Crippen LogP contribution < -0.4 is 5.32 Å². The number of hydrogen-bond donors (Lipinski definition) is 1. The molecule has 24 heavy (non-hydrogen) atoms. The molecule has 4 amide bonds. The second kappa shape index (κ2) is 6.63. The predicted molar refractivity (Wildman–Crippen MR) is 89.5 cm³/mol. The third-order valence-electron chi connectivity index (χ3n) is 4.96. The van der Waals surface area contributed by atoms with E-state index in [2.05, 4.69) is 37.4 Å². The van der Waals surface area contributed by atoms with E-state index in [4.69, 9.17) is 0 Å². The van der Waals surface area contributed by atoms with Gasteiger partial charge < -0.3 is 10.2 Å². The van der Waals surface area contributed by atoms with Gasteiger partial charge in [-0.25, -0.2) is 4.79 Å². The van der Waals surface area contributed by atoms with Gasteiger partial charge in [-0.2, -0.15) is 0 Å². The van der Waals surface area contributed by atoms with Gasteiger partial charge >= 0.3 is 6.03 Å². The molecule has 0 spiro atoms. The SMILES string of the molecule is Cc1ccc(CCC(=O)N2CCC(N3C(=O)CNC3=O)C2)cc1C. The zero-order valence-electron chi connectivity index (χ0n) is 14.2. The third-order valence-corrected chi connectivity index (χ3v) is 4.96. The summed E-state index contributed by atoms with van der Waals surface area (Å²) in [6, 6.07) is 5.75. The first-order valence-electron chi connectivity index (χ1n) is 8.39. The molecule has 1 unspecified atom stereocenters. The molecule has 6 nitrogen and oxygen atoms in total. The highest BCUT2D eigenvalue weighted by Crippen LogP contribution is 2.19. The van der Waals surface area contributed by atoms with E-state index in [-0.39, 0.29) is 30.4 Å². The van der Waals surface area contributed by atoms with Crippen LogP contribution in [0.5, 0.6) is 0 Å². The summed E-state index contributed by atoms with van der Waals surface area (Å²) in [6.07, 6.45) is 1.83. The number of likely N-dealkylation sites (tertiary alicyclic amines) is 1. The Morgan fingerprint density at radius 3 is 2.71 bits per heavy atom. The summed E-state index contributed by atoms with van der Waals surface area (Å²) in [5, 5.41) is 2.53.